The number of hydrogen-bond acceptors (Lipinski definition) is 4. The van der Waals surface area contributed by atoms with Crippen LogP contribution in [-0.2, 0) is 13.1 Å². The first-order chi connectivity index (χ1) is 13.7. The highest BCUT2D eigenvalue weighted by Gasteiger charge is 2.15. The number of nitrogens with zero attached hydrogens (tertiary/aromatic N) is 4. The lowest BCUT2D eigenvalue weighted by atomic mass is 10.1. The summed E-state index contributed by atoms with van der Waals surface area (Å²) in [6.07, 6.45) is 7.45. The van der Waals surface area contributed by atoms with Gasteiger partial charge in [-0.25, -0.2) is 0 Å². The average molecular weight is 372 g/mol. The van der Waals surface area contributed by atoms with E-state index in [1.54, 1.807) is 24.3 Å². The van der Waals surface area contributed by atoms with Crippen LogP contribution < -0.4 is 0 Å². The third-order valence-electron chi connectivity index (χ3n) is 4.51. The van der Waals surface area contributed by atoms with Gasteiger partial charge in [-0.15, -0.1) is 0 Å². The fraction of sp³-hybridized carbons (Fsp3) is 0.136. The Balaban J connectivity index is 1.40. The van der Waals surface area contributed by atoms with Gasteiger partial charge in [-0.05, 0) is 42.0 Å². The molecule has 0 N–H and O–H groups in total. The Morgan fingerprint density at radius 2 is 1.79 bits per heavy atom. The standard InChI is InChI=1S/C22H20N4O2/c1-25(16-20-14-21(24-28-20)18-8-10-23-11-9-18)22(27)19-6-4-17(5-7-19)15-26-12-2-3-13-26/h2-14H,15-16H2,1H3. The molecule has 0 atom stereocenters. The molecule has 140 valence electrons. The Labute approximate surface area is 163 Å². The van der Waals surface area contributed by atoms with Gasteiger partial charge in [-0.1, -0.05) is 17.3 Å². The molecule has 0 aliphatic carbocycles. The van der Waals surface area contributed by atoms with Crippen molar-refractivity contribution in [3.63, 3.8) is 0 Å². The fourth-order valence-electron chi connectivity index (χ4n) is 3.01. The molecule has 3 aromatic heterocycles. The Bertz CT molecular complexity index is 1040. The maximum atomic E-state index is 12.7. The van der Waals surface area contributed by atoms with E-state index in [2.05, 4.69) is 14.7 Å². The van der Waals surface area contributed by atoms with E-state index < -0.39 is 0 Å². The van der Waals surface area contributed by atoms with E-state index in [1.807, 2.05) is 67.0 Å². The predicted molar refractivity (Wildman–Crippen MR) is 106 cm³/mol. The molecule has 0 radical (unpaired) electrons. The van der Waals surface area contributed by atoms with Gasteiger partial charge in [-0.2, -0.15) is 0 Å². The summed E-state index contributed by atoms with van der Waals surface area (Å²) >= 11 is 0. The molecular weight excluding hydrogens is 352 g/mol. The molecule has 0 fully saturated rings. The second-order valence-electron chi connectivity index (χ2n) is 6.63. The number of pyridine rings is 1. The monoisotopic (exact) mass is 372 g/mol. The molecule has 0 spiro atoms. The largest absolute Gasteiger partial charge is 0.359 e. The minimum atomic E-state index is -0.0608. The summed E-state index contributed by atoms with van der Waals surface area (Å²) in [5.41, 5.74) is 3.45. The number of carbonyl (C=O) groups excluding carboxylic acids is 1. The summed E-state index contributed by atoms with van der Waals surface area (Å²) in [6, 6.07) is 17.3. The summed E-state index contributed by atoms with van der Waals surface area (Å²) in [7, 11) is 1.75. The van der Waals surface area contributed by atoms with Crippen LogP contribution in [0.25, 0.3) is 11.3 Å². The zero-order valence-electron chi connectivity index (χ0n) is 15.5. The molecule has 1 amide bonds. The van der Waals surface area contributed by atoms with Gasteiger partial charge in [0.15, 0.2) is 5.76 Å². The van der Waals surface area contributed by atoms with Gasteiger partial charge in [0.1, 0.15) is 5.69 Å². The molecule has 0 saturated heterocycles. The Hall–Kier alpha value is -3.67. The van der Waals surface area contributed by atoms with Crippen molar-refractivity contribution in [1.82, 2.24) is 19.6 Å². The predicted octanol–water partition coefficient (Wildman–Crippen LogP) is 3.86. The van der Waals surface area contributed by atoms with Crippen LogP contribution in [0.2, 0.25) is 0 Å². The van der Waals surface area contributed by atoms with Gasteiger partial charge in [0.2, 0.25) is 0 Å². The van der Waals surface area contributed by atoms with Crippen LogP contribution in [0.1, 0.15) is 21.7 Å². The van der Waals surface area contributed by atoms with Gasteiger partial charge in [0.05, 0.1) is 6.54 Å². The summed E-state index contributed by atoms with van der Waals surface area (Å²) in [5, 5.41) is 4.08. The number of carbonyl (C=O) groups is 1. The second kappa shape index (κ2) is 7.92. The lowest BCUT2D eigenvalue weighted by Gasteiger charge is -2.15. The van der Waals surface area contributed by atoms with Crippen LogP contribution >= 0.6 is 0 Å². The third-order valence-corrected chi connectivity index (χ3v) is 4.51. The van der Waals surface area contributed by atoms with E-state index >= 15 is 0 Å². The molecule has 4 aromatic rings. The first kappa shape index (κ1) is 17.7. The van der Waals surface area contributed by atoms with E-state index in [0.717, 1.165) is 23.4 Å². The van der Waals surface area contributed by atoms with Gasteiger partial charge in [0.25, 0.3) is 5.91 Å². The zero-order chi connectivity index (χ0) is 19.3. The smallest absolute Gasteiger partial charge is 0.254 e. The highest BCUT2D eigenvalue weighted by atomic mass is 16.5. The third kappa shape index (κ3) is 4.01. The zero-order valence-corrected chi connectivity index (χ0v) is 15.5. The normalized spacial score (nSPS) is 10.8. The lowest BCUT2D eigenvalue weighted by Crippen LogP contribution is -2.26. The summed E-state index contributed by atoms with van der Waals surface area (Å²) in [6.45, 7) is 1.13. The number of hydrogen-bond donors (Lipinski definition) is 0. The number of benzene rings is 1. The lowest BCUT2D eigenvalue weighted by molar-refractivity contribution is 0.0772. The van der Waals surface area contributed by atoms with Crippen LogP contribution in [0, 0.1) is 0 Å². The van der Waals surface area contributed by atoms with Crippen molar-refractivity contribution < 1.29 is 9.32 Å². The van der Waals surface area contributed by atoms with Gasteiger partial charge < -0.3 is 14.0 Å². The van der Waals surface area contributed by atoms with E-state index in [1.165, 1.54) is 0 Å². The number of rotatable bonds is 6. The highest BCUT2D eigenvalue weighted by Crippen LogP contribution is 2.19. The summed E-state index contributed by atoms with van der Waals surface area (Å²) in [4.78, 5) is 18.3. The molecular formula is C22H20N4O2. The van der Waals surface area contributed by atoms with E-state index in [-0.39, 0.29) is 5.91 Å². The van der Waals surface area contributed by atoms with Crippen molar-refractivity contribution in [3.05, 3.63) is 96.3 Å². The maximum absolute atomic E-state index is 12.7. The SMILES string of the molecule is CN(Cc1cc(-c2ccncc2)no1)C(=O)c1ccc(Cn2cccc2)cc1. The van der Waals surface area contributed by atoms with Crippen molar-refractivity contribution in [2.75, 3.05) is 7.05 Å². The minimum Gasteiger partial charge on any atom is -0.359 e. The second-order valence-corrected chi connectivity index (χ2v) is 6.63. The topological polar surface area (TPSA) is 64.2 Å². The van der Waals surface area contributed by atoms with E-state index in [4.69, 9.17) is 4.52 Å². The molecule has 0 aliphatic heterocycles. The molecule has 1 aromatic carbocycles. The Morgan fingerprint density at radius 3 is 2.50 bits per heavy atom. The highest BCUT2D eigenvalue weighted by molar-refractivity contribution is 5.94. The number of aromatic nitrogens is 3. The van der Waals surface area contributed by atoms with Crippen molar-refractivity contribution in [2.24, 2.45) is 0 Å². The molecule has 0 bridgehead atoms. The quantitative estimate of drug-likeness (QED) is 0.516. The average Bonchev–Trinajstić information content (AvgIpc) is 3.41. The van der Waals surface area contributed by atoms with Crippen molar-refractivity contribution in [2.45, 2.75) is 13.1 Å². The molecule has 4 rings (SSSR count). The van der Waals surface area contributed by atoms with Crippen LogP contribution in [0.5, 0.6) is 0 Å². The maximum Gasteiger partial charge on any atom is 0.254 e. The van der Waals surface area contributed by atoms with E-state index in [9.17, 15) is 4.79 Å². The minimum absolute atomic E-state index is 0.0608. The summed E-state index contributed by atoms with van der Waals surface area (Å²) in [5.74, 6) is 0.571. The van der Waals surface area contributed by atoms with E-state index in [0.29, 0.717) is 17.9 Å². The fourth-order valence-corrected chi connectivity index (χ4v) is 3.01. The van der Waals surface area contributed by atoms with Crippen LogP contribution in [0.3, 0.4) is 0 Å². The Morgan fingerprint density at radius 1 is 1.07 bits per heavy atom. The first-order valence-corrected chi connectivity index (χ1v) is 9.00. The van der Waals surface area contributed by atoms with Crippen molar-refractivity contribution in [3.8, 4) is 11.3 Å². The van der Waals surface area contributed by atoms with Crippen LogP contribution in [0.4, 0.5) is 0 Å². The first-order valence-electron chi connectivity index (χ1n) is 9.00. The molecule has 0 saturated carbocycles. The van der Waals surface area contributed by atoms with Gasteiger partial charge in [0, 0.05) is 55.6 Å². The molecule has 3 heterocycles. The summed E-state index contributed by atoms with van der Waals surface area (Å²) < 4.78 is 7.48. The molecule has 0 aliphatic rings. The molecule has 0 unspecified atom stereocenters. The molecule has 6 heteroatoms. The molecule has 6 nitrogen and oxygen atoms in total. The van der Waals surface area contributed by atoms with Gasteiger partial charge >= 0.3 is 0 Å². The van der Waals surface area contributed by atoms with Gasteiger partial charge in [-0.3, -0.25) is 9.78 Å². The van der Waals surface area contributed by atoms with Crippen LogP contribution in [0.15, 0.2) is 83.9 Å². The molecule has 28 heavy (non-hydrogen) atoms. The van der Waals surface area contributed by atoms with Crippen molar-refractivity contribution >= 4 is 5.91 Å². The Kier molecular flexibility index (Phi) is 5.01. The van der Waals surface area contributed by atoms with Crippen molar-refractivity contribution in [1.29, 1.82) is 0 Å². The number of amides is 1. The van der Waals surface area contributed by atoms with Crippen LogP contribution in [-0.4, -0.2) is 32.6 Å².